The molecule has 2 N–H and O–H groups in total. The van der Waals surface area contributed by atoms with E-state index in [2.05, 4.69) is 15.3 Å². The number of nitrogens with two attached hydrogens (primary N) is 1. The van der Waals surface area contributed by atoms with E-state index >= 15 is 0 Å². The van der Waals surface area contributed by atoms with Crippen LogP contribution in [-0.4, -0.2) is 20.0 Å². The summed E-state index contributed by atoms with van der Waals surface area (Å²) in [5.41, 5.74) is 6.37. The number of rotatable bonds is 2. The molecule has 0 unspecified atom stereocenters. The van der Waals surface area contributed by atoms with Crippen molar-refractivity contribution in [1.82, 2.24) is 20.0 Å². The molecule has 6 heteroatoms. The average molecular weight is 210 g/mol. The predicted octanol–water partition coefficient (Wildman–Crippen LogP) is 0.957. The molecule has 0 bridgehead atoms. The largest absolute Gasteiger partial charge is 0.381 e. The molecule has 0 saturated heterocycles. The van der Waals surface area contributed by atoms with Gasteiger partial charge in [-0.2, -0.15) is 0 Å². The quantitative estimate of drug-likeness (QED) is 0.800. The van der Waals surface area contributed by atoms with Crippen LogP contribution in [0.5, 0.6) is 0 Å². The van der Waals surface area contributed by atoms with E-state index in [-0.39, 0.29) is 0 Å². The van der Waals surface area contributed by atoms with Crippen molar-refractivity contribution in [2.45, 2.75) is 6.54 Å². The summed E-state index contributed by atoms with van der Waals surface area (Å²) in [5.74, 6) is 0.398. The van der Waals surface area contributed by atoms with Crippen LogP contribution in [0.1, 0.15) is 5.56 Å². The van der Waals surface area contributed by atoms with Gasteiger partial charge in [0.25, 0.3) is 0 Å². The minimum atomic E-state index is 0.398. The summed E-state index contributed by atoms with van der Waals surface area (Å²) in [4.78, 5) is 3.89. The molecule has 2 aromatic rings. The van der Waals surface area contributed by atoms with Crippen LogP contribution in [0.4, 0.5) is 5.82 Å². The van der Waals surface area contributed by atoms with E-state index in [1.165, 1.54) is 0 Å². The minimum absolute atomic E-state index is 0.398. The predicted molar refractivity (Wildman–Crippen MR) is 52.8 cm³/mol. The summed E-state index contributed by atoms with van der Waals surface area (Å²) in [6.45, 7) is 0.547. The van der Waals surface area contributed by atoms with Gasteiger partial charge < -0.3 is 5.73 Å². The molecule has 0 aliphatic heterocycles. The highest BCUT2D eigenvalue weighted by Gasteiger charge is 2.02. The van der Waals surface area contributed by atoms with Crippen molar-refractivity contribution in [3.05, 3.63) is 35.2 Å². The Bertz CT molecular complexity index is 439. The molecule has 0 amide bonds. The van der Waals surface area contributed by atoms with Gasteiger partial charge in [-0.15, -0.1) is 5.10 Å². The van der Waals surface area contributed by atoms with Crippen LogP contribution in [0.15, 0.2) is 24.7 Å². The van der Waals surface area contributed by atoms with E-state index in [9.17, 15) is 0 Å². The topological polar surface area (TPSA) is 69.6 Å². The number of pyridine rings is 1. The Morgan fingerprint density at radius 1 is 1.50 bits per heavy atom. The molecule has 2 aromatic heterocycles. The third-order valence-electron chi connectivity index (χ3n) is 1.75. The number of anilines is 1. The summed E-state index contributed by atoms with van der Waals surface area (Å²) >= 11 is 5.93. The van der Waals surface area contributed by atoms with Gasteiger partial charge in [-0.25, -0.2) is 4.68 Å². The monoisotopic (exact) mass is 209 g/mol. The Kier molecular flexibility index (Phi) is 2.32. The Morgan fingerprint density at radius 2 is 2.36 bits per heavy atom. The fraction of sp³-hybridized carbons (Fsp3) is 0.125. The SMILES string of the molecule is Nc1cn(Cc2ccncc2Cl)nn1. The van der Waals surface area contributed by atoms with Crippen LogP contribution >= 0.6 is 11.6 Å². The Hall–Kier alpha value is -1.62. The second kappa shape index (κ2) is 3.63. The highest BCUT2D eigenvalue weighted by Crippen LogP contribution is 2.14. The summed E-state index contributed by atoms with van der Waals surface area (Å²) in [7, 11) is 0. The Balaban J connectivity index is 2.23. The fourth-order valence-corrected chi connectivity index (χ4v) is 1.28. The molecule has 0 aliphatic rings. The minimum Gasteiger partial charge on any atom is -0.381 e. The van der Waals surface area contributed by atoms with E-state index in [0.717, 1.165) is 5.56 Å². The summed E-state index contributed by atoms with van der Waals surface area (Å²) < 4.78 is 1.62. The van der Waals surface area contributed by atoms with Crippen molar-refractivity contribution in [3.63, 3.8) is 0 Å². The number of aromatic nitrogens is 4. The highest BCUT2D eigenvalue weighted by molar-refractivity contribution is 6.31. The van der Waals surface area contributed by atoms with E-state index < -0.39 is 0 Å². The molecule has 0 fully saturated rings. The second-order valence-electron chi connectivity index (χ2n) is 2.81. The smallest absolute Gasteiger partial charge is 0.165 e. The maximum Gasteiger partial charge on any atom is 0.165 e. The third kappa shape index (κ3) is 1.82. The van der Waals surface area contributed by atoms with Crippen LogP contribution in [0.2, 0.25) is 5.02 Å². The van der Waals surface area contributed by atoms with E-state index in [1.54, 1.807) is 23.3 Å². The summed E-state index contributed by atoms with van der Waals surface area (Å²) in [6, 6.07) is 1.83. The fourth-order valence-electron chi connectivity index (χ4n) is 1.10. The Labute approximate surface area is 85.5 Å². The zero-order chi connectivity index (χ0) is 9.97. The molecule has 0 atom stereocenters. The van der Waals surface area contributed by atoms with Crippen LogP contribution in [0.3, 0.4) is 0 Å². The van der Waals surface area contributed by atoms with Gasteiger partial charge in [-0.05, 0) is 11.6 Å². The molecule has 5 nitrogen and oxygen atoms in total. The van der Waals surface area contributed by atoms with Crippen LogP contribution in [0, 0.1) is 0 Å². The first-order chi connectivity index (χ1) is 6.75. The lowest BCUT2D eigenvalue weighted by atomic mass is 10.3. The first-order valence-corrected chi connectivity index (χ1v) is 4.37. The molecule has 2 heterocycles. The van der Waals surface area contributed by atoms with Crippen molar-refractivity contribution in [2.75, 3.05) is 5.73 Å². The summed E-state index contributed by atoms with van der Waals surface area (Å²) in [6.07, 6.45) is 4.93. The van der Waals surface area contributed by atoms with Gasteiger partial charge in [-0.3, -0.25) is 4.98 Å². The van der Waals surface area contributed by atoms with Gasteiger partial charge >= 0.3 is 0 Å². The van der Waals surface area contributed by atoms with Crippen LogP contribution in [-0.2, 0) is 6.54 Å². The number of hydrogen-bond acceptors (Lipinski definition) is 4. The zero-order valence-electron chi connectivity index (χ0n) is 7.26. The number of nitrogens with zero attached hydrogens (tertiary/aromatic N) is 4. The van der Waals surface area contributed by atoms with E-state index in [1.807, 2.05) is 6.07 Å². The van der Waals surface area contributed by atoms with E-state index in [0.29, 0.717) is 17.4 Å². The van der Waals surface area contributed by atoms with Crippen molar-refractivity contribution >= 4 is 17.4 Å². The molecule has 0 radical (unpaired) electrons. The van der Waals surface area contributed by atoms with Gasteiger partial charge in [0.15, 0.2) is 5.82 Å². The molecular formula is C8H8ClN5. The van der Waals surface area contributed by atoms with Crippen LogP contribution < -0.4 is 5.73 Å². The van der Waals surface area contributed by atoms with Gasteiger partial charge in [0.05, 0.1) is 17.8 Å². The Morgan fingerprint density at radius 3 is 3.00 bits per heavy atom. The molecule has 14 heavy (non-hydrogen) atoms. The van der Waals surface area contributed by atoms with Gasteiger partial charge in [0.1, 0.15) is 0 Å². The molecule has 2 rings (SSSR count). The molecule has 0 saturated carbocycles. The maximum absolute atomic E-state index is 5.93. The zero-order valence-corrected chi connectivity index (χ0v) is 8.02. The average Bonchev–Trinajstić information content (AvgIpc) is 2.56. The standard InChI is InChI=1S/C8H8ClN5/c9-7-3-11-2-1-6(7)4-14-5-8(10)12-13-14/h1-3,5H,4,10H2. The van der Waals surface area contributed by atoms with Crippen molar-refractivity contribution in [3.8, 4) is 0 Å². The highest BCUT2D eigenvalue weighted by atomic mass is 35.5. The lowest BCUT2D eigenvalue weighted by Gasteiger charge is -2.01. The molecule has 72 valence electrons. The molecule has 0 aromatic carbocycles. The van der Waals surface area contributed by atoms with Gasteiger partial charge in [0, 0.05) is 12.4 Å². The molecule has 0 aliphatic carbocycles. The number of hydrogen-bond donors (Lipinski definition) is 1. The first kappa shape index (κ1) is 8.96. The molecule has 0 spiro atoms. The maximum atomic E-state index is 5.93. The van der Waals surface area contributed by atoms with E-state index in [4.69, 9.17) is 17.3 Å². The summed E-state index contributed by atoms with van der Waals surface area (Å²) in [5, 5.41) is 8.10. The van der Waals surface area contributed by atoms with Gasteiger partial charge in [0.2, 0.25) is 0 Å². The van der Waals surface area contributed by atoms with Gasteiger partial charge in [-0.1, -0.05) is 16.8 Å². The number of nitrogen functional groups attached to an aromatic ring is 1. The molecular weight excluding hydrogens is 202 g/mol. The number of halogens is 1. The lowest BCUT2D eigenvalue weighted by Crippen LogP contribution is -2.01. The first-order valence-electron chi connectivity index (χ1n) is 4.00. The lowest BCUT2D eigenvalue weighted by molar-refractivity contribution is 0.649. The van der Waals surface area contributed by atoms with Crippen molar-refractivity contribution in [2.24, 2.45) is 0 Å². The van der Waals surface area contributed by atoms with Crippen LogP contribution in [0.25, 0.3) is 0 Å². The van der Waals surface area contributed by atoms with Crippen molar-refractivity contribution < 1.29 is 0 Å². The second-order valence-corrected chi connectivity index (χ2v) is 3.22. The normalized spacial score (nSPS) is 10.4. The third-order valence-corrected chi connectivity index (χ3v) is 2.09. The van der Waals surface area contributed by atoms with Crippen molar-refractivity contribution in [1.29, 1.82) is 0 Å².